The number of ether oxygens (including phenoxy) is 5. The van der Waals surface area contributed by atoms with Crippen molar-refractivity contribution in [1.29, 1.82) is 0 Å². The molecule has 0 unspecified atom stereocenters. The molecule has 5 rings (SSSR count). The predicted octanol–water partition coefficient (Wildman–Crippen LogP) is 0.582. The SMILES string of the molecule is COCC(=O)N[C@H]1CO[C@H]2[C@@H]1OC[C@@H]2Nc1nccc(-c2ccc3c(c2)OCO3)n1. The number of hydrogen-bond acceptors (Lipinski definition) is 9. The van der Waals surface area contributed by atoms with Gasteiger partial charge in [0.2, 0.25) is 18.6 Å². The van der Waals surface area contributed by atoms with Crippen LogP contribution < -0.4 is 20.1 Å². The average molecular weight is 414 g/mol. The number of nitrogens with one attached hydrogen (secondary N) is 2. The Morgan fingerprint density at radius 1 is 1.13 bits per heavy atom. The van der Waals surface area contributed by atoms with E-state index in [4.69, 9.17) is 23.7 Å². The summed E-state index contributed by atoms with van der Waals surface area (Å²) in [5, 5.41) is 6.20. The molecule has 4 atom stereocenters. The average Bonchev–Trinajstić information content (AvgIpc) is 3.46. The van der Waals surface area contributed by atoms with Crippen LogP contribution in [-0.4, -0.2) is 73.9 Å². The van der Waals surface area contributed by atoms with E-state index < -0.39 is 0 Å². The molecule has 0 radical (unpaired) electrons. The molecular weight excluding hydrogens is 392 g/mol. The zero-order valence-electron chi connectivity index (χ0n) is 16.4. The first-order chi connectivity index (χ1) is 14.7. The summed E-state index contributed by atoms with van der Waals surface area (Å²) in [6.07, 6.45) is 1.28. The maximum absolute atomic E-state index is 11.8. The van der Waals surface area contributed by atoms with Crippen LogP contribution in [-0.2, 0) is 19.0 Å². The summed E-state index contributed by atoms with van der Waals surface area (Å²) >= 11 is 0. The standard InChI is InChI=1S/C20H22N4O6/c1-26-9-17(25)22-13-7-27-19-14(8-28-18(13)19)24-20-21-5-4-12(23-20)11-2-3-15-16(6-11)30-10-29-15/h2-6,13-14,18-19H,7-10H2,1H3,(H,22,25)(H,21,23,24)/t13-,14-,18+,19+/m0/s1. The Hall–Kier alpha value is -2.95. The van der Waals surface area contributed by atoms with E-state index in [1.807, 2.05) is 24.3 Å². The summed E-state index contributed by atoms with van der Waals surface area (Å²) in [5.41, 5.74) is 1.67. The molecule has 3 aliphatic rings. The van der Waals surface area contributed by atoms with E-state index in [-0.39, 0.29) is 43.6 Å². The number of rotatable bonds is 6. The van der Waals surface area contributed by atoms with Crippen LogP contribution in [0.1, 0.15) is 0 Å². The molecule has 1 amide bonds. The van der Waals surface area contributed by atoms with Crippen LogP contribution in [0.15, 0.2) is 30.5 Å². The quantitative estimate of drug-likeness (QED) is 0.701. The lowest BCUT2D eigenvalue weighted by Crippen LogP contribution is -2.45. The van der Waals surface area contributed by atoms with E-state index in [2.05, 4.69) is 20.6 Å². The van der Waals surface area contributed by atoms with Crippen molar-refractivity contribution in [3.8, 4) is 22.8 Å². The van der Waals surface area contributed by atoms with Crippen LogP contribution >= 0.6 is 0 Å². The Balaban J connectivity index is 1.26. The number of methoxy groups -OCH3 is 1. The smallest absolute Gasteiger partial charge is 0.246 e. The largest absolute Gasteiger partial charge is 0.454 e. The Bertz CT molecular complexity index is 941. The Morgan fingerprint density at radius 3 is 2.80 bits per heavy atom. The van der Waals surface area contributed by atoms with Crippen LogP contribution in [0.2, 0.25) is 0 Å². The van der Waals surface area contributed by atoms with Crippen molar-refractivity contribution in [2.24, 2.45) is 0 Å². The third-order valence-corrected chi connectivity index (χ3v) is 5.31. The number of anilines is 1. The number of benzene rings is 1. The normalized spacial score (nSPS) is 26.4. The van der Waals surface area contributed by atoms with Gasteiger partial charge in [-0.1, -0.05) is 0 Å². The van der Waals surface area contributed by atoms with E-state index in [0.29, 0.717) is 24.9 Å². The van der Waals surface area contributed by atoms with Crippen LogP contribution in [0.5, 0.6) is 11.5 Å². The second-order valence-corrected chi connectivity index (χ2v) is 7.29. The van der Waals surface area contributed by atoms with Crippen LogP contribution in [0.25, 0.3) is 11.3 Å². The van der Waals surface area contributed by atoms with Gasteiger partial charge in [-0.05, 0) is 24.3 Å². The van der Waals surface area contributed by atoms with Crippen molar-refractivity contribution in [2.45, 2.75) is 24.3 Å². The fourth-order valence-corrected chi connectivity index (χ4v) is 3.94. The molecule has 2 fully saturated rings. The highest BCUT2D eigenvalue weighted by atomic mass is 16.7. The van der Waals surface area contributed by atoms with Crippen LogP contribution in [0, 0.1) is 0 Å². The number of carbonyl (C=O) groups is 1. The highest BCUT2D eigenvalue weighted by molar-refractivity contribution is 5.77. The van der Waals surface area contributed by atoms with Gasteiger partial charge in [-0.3, -0.25) is 4.79 Å². The number of hydrogen-bond donors (Lipinski definition) is 2. The highest BCUT2D eigenvalue weighted by Gasteiger charge is 2.48. The zero-order valence-corrected chi connectivity index (χ0v) is 16.4. The molecule has 0 saturated carbocycles. The van der Waals surface area contributed by atoms with Gasteiger partial charge in [0.15, 0.2) is 11.5 Å². The van der Waals surface area contributed by atoms with Gasteiger partial charge in [0.25, 0.3) is 0 Å². The van der Waals surface area contributed by atoms with E-state index in [0.717, 1.165) is 17.0 Å². The molecule has 2 aromatic rings. The van der Waals surface area contributed by atoms with Crippen molar-refractivity contribution >= 4 is 11.9 Å². The molecular formula is C20H22N4O6. The monoisotopic (exact) mass is 414 g/mol. The van der Waals surface area contributed by atoms with E-state index in [9.17, 15) is 4.79 Å². The number of aromatic nitrogens is 2. The van der Waals surface area contributed by atoms with Gasteiger partial charge in [-0.15, -0.1) is 0 Å². The fraction of sp³-hybridized carbons (Fsp3) is 0.450. The predicted molar refractivity (Wildman–Crippen MR) is 104 cm³/mol. The van der Waals surface area contributed by atoms with Crippen molar-refractivity contribution in [3.63, 3.8) is 0 Å². The van der Waals surface area contributed by atoms with Crippen molar-refractivity contribution in [2.75, 3.05) is 39.0 Å². The summed E-state index contributed by atoms with van der Waals surface area (Å²) < 4.78 is 27.4. The van der Waals surface area contributed by atoms with Crippen LogP contribution in [0.4, 0.5) is 5.95 Å². The second kappa shape index (κ2) is 8.05. The molecule has 2 N–H and O–H groups in total. The first kappa shape index (κ1) is 19.0. The first-order valence-electron chi connectivity index (χ1n) is 9.72. The van der Waals surface area contributed by atoms with E-state index in [1.165, 1.54) is 7.11 Å². The molecule has 1 aromatic heterocycles. The second-order valence-electron chi connectivity index (χ2n) is 7.29. The summed E-state index contributed by atoms with van der Waals surface area (Å²) in [6, 6.07) is 7.21. The number of amides is 1. The highest BCUT2D eigenvalue weighted by Crippen LogP contribution is 2.35. The third kappa shape index (κ3) is 3.64. The lowest BCUT2D eigenvalue weighted by Gasteiger charge is -2.18. The zero-order chi connectivity index (χ0) is 20.5. The fourth-order valence-electron chi connectivity index (χ4n) is 3.94. The molecule has 158 valence electrons. The molecule has 1 aromatic carbocycles. The minimum atomic E-state index is -0.222. The molecule has 2 saturated heterocycles. The molecule has 4 heterocycles. The van der Waals surface area contributed by atoms with Gasteiger partial charge in [0, 0.05) is 18.9 Å². The lowest BCUT2D eigenvalue weighted by atomic mass is 10.1. The summed E-state index contributed by atoms with van der Waals surface area (Å²) in [4.78, 5) is 20.8. The lowest BCUT2D eigenvalue weighted by molar-refractivity contribution is -0.126. The topological polar surface area (TPSA) is 113 Å². The molecule has 10 heteroatoms. The van der Waals surface area contributed by atoms with E-state index >= 15 is 0 Å². The third-order valence-electron chi connectivity index (χ3n) is 5.31. The molecule has 0 aliphatic carbocycles. The molecule has 30 heavy (non-hydrogen) atoms. The molecule has 0 spiro atoms. The number of nitrogens with zero attached hydrogens (tertiary/aromatic N) is 2. The van der Waals surface area contributed by atoms with Gasteiger partial charge >= 0.3 is 0 Å². The van der Waals surface area contributed by atoms with Gasteiger partial charge in [-0.2, -0.15) is 0 Å². The van der Waals surface area contributed by atoms with Gasteiger partial charge in [-0.25, -0.2) is 9.97 Å². The number of fused-ring (bicyclic) bond motifs is 2. The van der Waals surface area contributed by atoms with E-state index in [1.54, 1.807) is 6.20 Å². The maximum atomic E-state index is 11.8. The minimum Gasteiger partial charge on any atom is -0.454 e. The molecule has 10 nitrogen and oxygen atoms in total. The van der Waals surface area contributed by atoms with Crippen LogP contribution in [0.3, 0.4) is 0 Å². The molecule has 0 bridgehead atoms. The maximum Gasteiger partial charge on any atom is 0.246 e. The number of carbonyl (C=O) groups excluding carboxylic acids is 1. The van der Waals surface area contributed by atoms with Crippen molar-refractivity contribution < 1.29 is 28.5 Å². The Morgan fingerprint density at radius 2 is 1.93 bits per heavy atom. The summed E-state index contributed by atoms with van der Waals surface area (Å²) in [6.45, 7) is 1.06. The minimum absolute atomic E-state index is 0.00998. The van der Waals surface area contributed by atoms with Crippen molar-refractivity contribution in [1.82, 2.24) is 15.3 Å². The summed E-state index contributed by atoms with van der Waals surface area (Å²) in [5.74, 6) is 1.72. The summed E-state index contributed by atoms with van der Waals surface area (Å²) in [7, 11) is 1.48. The van der Waals surface area contributed by atoms with Gasteiger partial charge in [0.1, 0.15) is 18.8 Å². The molecule has 3 aliphatic heterocycles. The Kier molecular flexibility index (Phi) is 5.11. The first-order valence-corrected chi connectivity index (χ1v) is 9.72. The van der Waals surface area contributed by atoms with Gasteiger partial charge in [0.05, 0.1) is 31.0 Å². The van der Waals surface area contributed by atoms with Crippen molar-refractivity contribution in [3.05, 3.63) is 30.5 Å². The Labute approximate surface area is 172 Å². The van der Waals surface area contributed by atoms with Gasteiger partial charge < -0.3 is 34.3 Å².